The Kier molecular flexibility index (Phi) is 4.06. The molecular formula is C14H24N2O. The number of hydrogen-bond donors (Lipinski definition) is 0. The molecule has 1 saturated carbocycles. The highest BCUT2D eigenvalue weighted by atomic mass is 16.5. The number of nitriles is 1. The fraction of sp³-hybridized carbons (Fsp3) is 0.929. The predicted molar refractivity (Wildman–Crippen MR) is 67.6 cm³/mol. The van der Waals surface area contributed by atoms with Gasteiger partial charge < -0.3 is 4.74 Å². The predicted octanol–water partition coefficient (Wildman–Crippen LogP) is 2.57. The number of rotatable bonds is 3. The van der Waals surface area contributed by atoms with Gasteiger partial charge in [-0.15, -0.1) is 0 Å². The standard InChI is InChI=1S/C14H24N2O/c1-14(2,11-15)7-8-16-9-10-17-13-6-4-3-5-12(13)16/h12-13H,3-10H2,1-2H3. The average molecular weight is 236 g/mol. The van der Waals surface area contributed by atoms with Crippen molar-refractivity contribution >= 4 is 0 Å². The van der Waals surface area contributed by atoms with Gasteiger partial charge in [-0.2, -0.15) is 5.26 Å². The third kappa shape index (κ3) is 3.20. The van der Waals surface area contributed by atoms with E-state index < -0.39 is 0 Å². The van der Waals surface area contributed by atoms with E-state index in [1.807, 2.05) is 13.8 Å². The zero-order valence-electron chi connectivity index (χ0n) is 11.1. The largest absolute Gasteiger partial charge is 0.375 e. The number of hydrogen-bond acceptors (Lipinski definition) is 3. The third-order valence-electron chi connectivity index (χ3n) is 4.17. The van der Waals surface area contributed by atoms with E-state index in [2.05, 4.69) is 11.0 Å². The molecule has 0 aromatic heterocycles. The van der Waals surface area contributed by atoms with Crippen LogP contribution in [0.2, 0.25) is 0 Å². The second-order valence-corrected chi connectivity index (χ2v) is 6.04. The summed E-state index contributed by atoms with van der Waals surface area (Å²) in [5.74, 6) is 0. The van der Waals surface area contributed by atoms with Gasteiger partial charge in [0.25, 0.3) is 0 Å². The van der Waals surface area contributed by atoms with Crippen LogP contribution in [0.3, 0.4) is 0 Å². The minimum absolute atomic E-state index is 0.192. The van der Waals surface area contributed by atoms with Crippen LogP contribution in [0.15, 0.2) is 0 Å². The van der Waals surface area contributed by atoms with Gasteiger partial charge in [-0.25, -0.2) is 0 Å². The van der Waals surface area contributed by atoms with Crippen LogP contribution < -0.4 is 0 Å². The van der Waals surface area contributed by atoms with Crippen molar-refractivity contribution in [1.82, 2.24) is 4.90 Å². The number of morpholine rings is 1. The van der Waals surface area contributed by atoms with Crippen molar-refractivity contribution in [2.45, 2.75) is 58.1 Å². The van der Waals surface area contributed by atoms with Crippen molar-refractivity contribution in [3.8, 4) is 6.07 Å². The van der Waals surface area contributed by atoms with Crippen molar-refractivity contribution in [2.24, 2.45) is 5.41 Å². The summed E-state index contributed by atoms with van der Waals surface area (Å²) in [5.41, 5.74) is -0.192. The van der Waals surface area contributed by atoms with Gasteiger partial charge in [0.05, 0.1) is 24.2 Å². The summed E-state index contributed by atoms with van der Waals surface area (Å²) in [6.45, 7) is 7.03. The highest BCUT2D eigenvalue weighted by molar-refractivity contribution is 4.94. The Morgan fingerprint density at radius 2 is 2.12 bits per heavy atom. The number of ether oxygens (including phenoxy) is 1. The zero-order valence-corrected chi connectivity index (χ0v) is 11.1. The molecule has 0 spiro atoms. The van der Waals surface area contributed by atoms with Gasteiger partial charge in [0, 0.05) is 19.1 Å². The van der Waals surface area contributed by atoms with Gasteiger partial charge in [-0.1, -0.05) is 12.8 Å². The number of nitrogens with zero attached hydrogens (tertiary/aromatic N) is 2. The van der Waals surface area contributed by atoms with E-state index in [0.29, 0.717) is 12.1 Å². The van der Waals surface area contributed by atoms with Gasteiger partial charge in [-0.3, -0.25) is 4.90 Å². The molecular weight excluding hydrogens is 212 g/mol. The smallest absolute Gasteiger partial charge is 0.0730 e. The van der Waals surface area contributed by atoms with Crippen LogP contribution in [-0.4, -0.2) is 36.7 Å². The van der Waals surface area contributed by atoms with Gasteiger partial charge in [0.1, 0.15) is 0 Å². The summed E-state index contributed by atoms with van der Waals surface area (Å²) >= 11 is 0. The summed E-state index contributed by atoms with van der Waals surface area (Å²) in [6, 6.07) is 3.01. The molecule has 0 aromatic carbocycles. The molecule has 0 radical (unpaired) electrons. The highest BCUT2D eigenvalue weighted by Gasteiger charge is 2.34. The first-order valence-electron chi connectivity index (χ1n) is 6.89. The van der Waals surface area contributed by atoms with Crippen molar-refractivity contribution in [3.05, 3.63) is 0 Å². The molecule has 2 rings (SSSR count). The topological polar surface area (TPSA) is 36.3 Å². The normalized spacial score (nSPS) is 30.6. The Morgan fingerprint density at radius 1 is 1.35 bits per heavy atom. The molecule has 2 fully saturated rings. The molecule has 3 nitrogen and oxygen atoms in total. The second kappa shape index (κ2) is 5.37. The molecule has 0 bridgehead atoms. The Bertz CT molecular complexity index is 293. The van der Waals surface area contributed by atoms with Crippen LogP contribution >= 0.6 is 0 Å². The molecule has 0 N–H and O–H groups in total. The Balaban J connectivity index is 1.89. The Labute approximate surface area is 105 Å². The van der Waals surface area contributed by atoms with Crippen LogP contribution in [0.5, 0.6) is 0 Å². The first-order valence-corrected chi connectivity index (χ1v) is 6.89. The SMILES string of the molecule is CC(C)(C#N)CCN1CCOC2CCCCC21. The molecule has 2 atom stereocenters. The molecule has 96 valence electrons. The fourth-order valence-electron chi connectivity index (χ4n) is 2.93. The first-order chi connectivity index (χ1) is 8.12. The van der Waals surface area contributed by atoms with Crippen molar-refractivity contribution in [3.63, 3.8) is 0 Å². The van der Waals surface area contributed by atoms with E-state index in [1.54, 1.807) is 0 Å². The lowest BCUT2D eigenvalue weighted by atomic mass is 9.87. The van der Waals surface area contributed by atoms with Crippen molar-refractivity contribution < 1.29 is 4.74 Å². The molecule has 2 unspecified atom stereocenters. The molecule has 0 aromatic rings. The van der Waals surface area contributed by atoms with Crippen molar-refractivity contribution in [2.75, 3.05) is 19.7 Å². The van der Waals surface area contributed by atoms with Crippen molar-refractivity contribution in [1.29, 1.82) is 5.26 Å². The molecule has 1 aliphatic carbocycles. The molecule has 1 aliphatic heterocycles. The van der Waals surface area contributed by atoms with E-state index in [1.165, 1.54) is 25.7 Å². The summed E-state index contributed by atoms with van der Waals surface area (Å²) < 4.78 is 5.86. The summed E-state index contributed by atoms with van der Waals surface area (Å²) in [5, 5.41) is 9.06. The van der Waals surface area contributed by atoms with Crippen LogP contribution in [0.4, 0.5) is 0 Å². The van der Waals surface area contributed by atoms with Gasteiger partial charge in [0.2, 0.25) is 0 Å². The van der Waals surface area contributed by atoms with Gasteiger partial charge >= 0.3 is 0 Å². The van der Waals surface area contributed by atoms with Gasteiger partial charge in [-0.05, 0) is 33.1 Å². The van der Waals surface area contributed by atoms with Crippen LogP contribution in [-0.2, 0) is 4.74 Å². The van der Waals surface area contributed by atoms with E-state index in [4.69, 9.17) is 10.00 Å². The fourth-order valence-corrected chi connectivity index (χ4v) is 2.93. The lowest BCUT2D eigenvalue weighted by Crippen LogP contribution is -2.53. The van der Waals surface area contributed by atoms with Gasteiger partial charge in [0.15, 0.2) is 0 Å². The van der Waals surface area contributed by atoms with E-state index >= 15 is 0 Å². The molecule has 0 amide bonds. The molecule has 2 aliphatic rings. The molecule has 1 heterocycles. The summed E-state index contributed by atoms with van der Waals surface area (Å²) in [6.07, 6.45) is 6.58. The zero-order chi connectivity index (χ0) is 12.3. The van der Waals surface area contributed by atoms with Crippen LogP contribution in [0.25, 0.3) is 0 Å². The first kappa shape index (κ1) is 12.9. The third-order valence-corrected chi connectivity index (χ3v) is 4.17. The highest BCUT2D eigenvalue weighted by Crippen LogP contribution is 2.29. The molecule has 17 heavy (non-hydrogen) atoms. The number of fused-ring (bicyclic) bond motifs is 1. The maximum atomic E-state index is 9.06. The lowest BCUT2D eigenvalue weighted by molar-refractivity contribution is -0.0895. The van der Waals surface area contributed by atoms with E-state index in [0.717, 1.165) is 26.1 Å². The molecule has 1 saturated heterocycles. The monoisotopic (exact) mass is 236 g/mol. The van der Waals surface area contributed by atoms with Crippen LogP contribution in [0.1, 0.15) is 46.0 Å². The minimum Gasteiger partial charge on any atom is -0.375 e. The maximum absolute atomic E-state index is 9.06. The van der Waals surface area contributed by atoms with E-state index in [9.17, 15) is 0 Å². The summed E-state index contributed by atoms with van der Waals surface area (Å²) in [7, 11) is 0. The Hall–Kier alpha value is -0.590. The van der Waals surface area contributed by atoms with Crippen LogP contribution in [0, 0.1) is 16.7 Å². The molecule has 3 heteroatoms. The lowest BCUT2D eigenvalue weighted by Gasteiger charge is -2.44. The quantitative estimate of drug-likeness (QED) is 0.755. The maximum Gasteiger partial charge on any atom is 0.0730 e. The summed E-state index contributed by atoms with van der Waals surface area (Å²) in [4.78, 5) is 2.56. The average Bonchev–Trinajstić information content (AvgIpc) is 2.36. The minimum atomic E-state index is -0.192. The Morgan fingerprint density at radius 3 is 2.88 bits per heavy atom. The second-order valence-electron chi connectivity index (χ2n) is 6.04. The van der Waals surface area contributed by atoms with E-state index in [-0.39, 0.29) is 5.41 Å².